The van der Waals surface area contributed by atoms with Gasteiger partial charge in [-0.25, -0.2) is 0 Å². The number of unbranched alkanes of at least 4 members (excludes halogenated alkanes) is 4. The van der Waals surface area contributed by atoms with E-state index in [9.17, 15) is 4.79 Å². The van der Waals surface area contributed by atoms with Gasteiger partial charge in [-0.15, -0.1) is 0 Å². The molecule has 0 aromatic rings. The van der Waals surface area contributed by atoms with Gasteiger partial charge in [0, 0.05) is 6.42 Å². The van der Waals surface area contributed by atoms with Gasteiger partial charge in [0.15, 0.2) is 0 Å². The average Bonchev–Trinajstić information content (AvgIpc) is 2.50. The first-order valence-electron chi connectivity index (χ1n) is 8.21. The number of hydrogen-bond acceptors (Lipinski definition) is 1. The van der Waals surface area contributed by atoms with Crippen molar-refractivity contribution in [1.82, 2.24) is 0 Å². The van der Waals surface area contributed by atoms with Crippen molar-refractivity contribution in [3.05, 3.63) is 61.3 Å². The molecule has 22 heavy (non-hydrogen) atoms. The fourth-order valence-electron chi connectivity index (χ4n) is 1.87. The molecule has 122 valence electrons. The summed E-state index contributed by atoms with van der Waals surface area (Å²) in [6, 6.07) is 0. The Bertz CT molecular complexity index is 387. The van der Waals surface area contributed by atoms with Crippen molar-refractivity contribution in [2.24, 2.45) is 0 Å². The predicted molar refractivity (Wildman–Crippen MR) is 95.9 cm³/mol. The van der Waals surface area contributed by atoms with Gasteiger partial charge in [-0.2, -0.15) is 0 Å². The second kappa shape index (κ2) is 17.2. The Labute approximate surface area is 135 Å². The Morgan fingerprint density at radius 2 is 1.27 bits per heavy atom. The van der Waals surface area contributed by atoms with Crippen molar-refractivity contribution in [3.63, 3.8) is 0 Å². The summed E-state index contributed by atoms with van der Waals surface area (Å²) in [5, 5.41) is 8.49. The number of carbonyl (C=O) groups is 1. The van der Waals surface area contributed by atoms with Gasteiger partial charge in [-0.05, 0) is 51.4 Å². The molecule has 0 bridgehead atoms. The highest BCUT2D eigenvalue weighted by molar-refractivity contribution is 5.66. The van der Waals surface area contributed by atoms with Crippen LogP contribution in [0.4, 0.5) is 0 Å². The normalized spacial score (nSPS) is 12.2. The lowest BCUT2D eigenvalue weighted by Crippen LogP contribution is -1.92. The zero-order valence-electron chi connectivity index (χ0n) is 13.6. The van der Waals surface area contributed by atoms with Crippen LogP contribution in [-0.4, -0.2) is 11.1 Å². The Kier molecular flexibility index (Phi) is 15.8. The number of hydrogen-bond donors (Lipinski definition) is 1. The minimum Gasteiger partial charge on any atom is -0.481 e. The summed E-state index contributed by atoms with van der Waals surface area (Å²) in [7, 11) is 0. The minimum absolute atomic E-state index is 0.259. The van der Waals surface area contributed by atoms with Crippen molar-refractivity contribution >= 4 is 5.97 Å². The van der Waals surface area contributed by atoms with Crippen LogP contribution in [0.15, 0.2) is 61.3 Å². The highest BCUT2D eigenvalue weighted by Gasteiger charge is 1.92. The number of aliphatic carboxylic acids is 1. The maximum atomic E-state index is 10.3. The highest BCUT2D eigenvalue weighted by Crippen LogP contribution is 2.03. The molecule has 0 unspecified atom stereocenters. The molecule has 0 aliphatic heterocycles. The van der Waals surface area contributed by atoms with E-state index in [0.29, 0.717) is 0 Å². The molecule has 2 nitrogen and oxygen atoms in total. The van der Waals surface area contributed by atoms with Gasteiger partial charge in [-0.1, -0.05) is 61.3 Å². The SMILES string of the molecule is C=CC=CCCCCC=CCC=CCC=CCCCC(=O)O. The number of allylic oxidation sites excluding steroid dienone is 9. The third-order valence-electron chi connectivity index (χ3n) is 3.07. The van der Waals surface area contributed by atoms with E-state index in [1.807, 2.05) is 12.2 Å². The molecule has 0 saturated carbocycles. The van der Waals surface area contributed by atoms with E-state index < -0.39 is 5.97 Å². The average molecular weight is 302 g/mol. The smallest absolute Gasteiger partial charge is 0.303 e. The van der Waals surface area contributed by atoms with E-state index >= 15 is 0 Å². The molecule has 1 N–H and O–H groups in total. The number of rotatable bonds is 14. The lowest BCUT2D eigenvalue weighted by molar-refractivity contribution is -0.137. The molecule has 0 heterocycles. The monoisotopic (exact) mass is 302 g/mol. The van der Waals surface area contributed by atoms with Gasteiger partial charge in [0.2, 0.25) is 0 Å². The number of carboxylic acid groups (broad SMARTS) is 1. The fourth-order valence-corrected chi connectivity index (χ4v) is 1.87. The molecule has 0 fully saturated rings. The molecule has 0 saturated heterocycles. The molecule has 0 aliphatic carbocycles. The second-order valence-electron chi connectivity index (χ2n) is 5.12. The lowest BCUT2D eigenvalue weighted by atomic mass is 10.1. The Morgan fingerprint density at radius 3 is 1.82 bits per heavy atom. The van der Waals surface area contributed by atoms with Crippen LogP contribution in [-0.2, 0) is 4.79 Å². The third kappa shape index (κ3) is 18.2. The summed E-state index contributed by atoms with van der Waals surface area (Å²) in [5.74, 6) is -0.715. The molecule has 0 aromatic carbocycles. The molecule has 0 aliphatic rings. The summed E-state index contributed by atoms with van der Waals surface area (Å²) >= 11 is 0. The molecule has 0 amide bonds. The zero-order chi connectivity index (χ0) is 16.3. The molecule has 0 radical (unpaired) electrons. The van der Waals surface area contributed by atoms with Gasteiger partial charge in [0.05, 0.1) is 0 Å². The van der Waals surface area contributed by atoms with Crippen molar-refractivity contribution < 1.29 is 9.90 Å². The van der Waals surface area contributed by atoms with Gasteiger partial charge in [0.25, 0.3) is 0 Å². The van der Waals surface area contributed by atoms with Crippen LogP contribution in [0.2, 0.25) is 0 Å². The van der Waals surface area contributed by atoms with E-state index in [4.69, 9.17) is 5.11 Å². The molecular formula is C20H30O2. The molecule has 0 aromatic heterocycles. The molecule has 0 spiro atoms. The first kappa shape index (κ1) is 20.2. The Balaban J connectivity index is 3.37. The summed E-state index contributed by atoms with van der Waals surface area (Å²) in [5.41, 5.74) is 0. The predicted octanol–water partition coefficient (Wildman–Crippen LogP) is 5.99. The van der Waals surface area contributed by atoms with Gasteiger partial charge in [0.1, 0.15) is 0 Å². The van der Waals surface area contributed by atoms with Gasteiger partial charge >= 0.3 is 5.97 Å². The minimum atomic E-state index is -0.715. The van der Waals surface area contributed by atoms with E-state index in [2.05, 4.69) is 49.1 Å². The van der Waals surface area contributed by atoms with E-state index in [1.54, 1.807) is 0 Å². The Morgan fingerprint density at radius 1 is 0.773 bits per heavy atom. The molecule has 0 rings (SSSR count). The Hall–Kier alpha value is -1.83. The number of carboxylic acids is 1. The topological polar surface area (TPSA) is 37.3 Å². The third-order valence-corrected chi connectivity index (χ3v) is 3.07. The summed E-state index contributed by atoms with van der Waals surface area (Å²) in [4.78, 5) is 10.3. The quantitative estimate of drug-likeness (QED) is 0.243. The summed E-state index contributed by atoms with van der Waals surface area (Å²) in [6.45, 7) is 3.64. The van der Waals surface area contributed by atoms with Crippen molar-refractivity contribution in [2.75, 3.05) is 0 Å². The van der Waals surface area contributed by atoms with Crippen LogP contribution in [0.5, 0.6) is 0 Å². The second-order valence-corrected chi connectivity index (χ2v) is 5.12. The van der Waals surface area contributed by atoms with E-state index in [-0.39, 0.29) is 6.42 Å². The lowest BCUT2D eigenvalue weighted by Gasteiger charge is -1.92. The van der Waals surface area contributed by atoms with Crippen molar-refractivity contribution in [1.29, 1.82) is 0 Å². The van der Waals surface area contributed by atoms with Crippen LogP contribution >= 0.6 is 0 Å². The molecule has 2 heteroatoms. The van der Waals surface area contributed by atoms with Crippen LogP contribution in [0.3, 0.4) is 0 Å². The summed E-state index contributed by atoms with van der Waals surface area (Å²) in [6.07, 6.45) is 27.4. The van der Waals surface area contributed by atoms with Gasteiger partial charge in [-0.3, -0.25) is 4.79 Å². The van der Waals surface area contributed by atoms with Crippen LogP contribution in [0, 0.1) is 0 Å². The van der Waals surface area contributed by atoms with Crippen LogP contribution < -0.4 is 0 Å². The maximum Gasteiger partial charge on any atom is 0.303 e. The van der Waals surface area contributed by atoms with Crippen molar-refractivity contribution in [3.8, 4) is 0 Å². The van der Waals surface area contributed by atoms with Crippen LogP contribution in [0.1, 0.15) is 57.8 Å². The zero-order valence-corrected chi connectivity index (χ0v) is 13.6. The van der Waals surface area contributed by atoms with Crippen molar-refractivity contribution in [2.45, 2.75) is 57.8 Å². The van der Waals surface area contributed by atoms with Crippen LogP contribution in [0.25, 0.3) is 0 Å². The maximum absolute atomic E-state index is 10.3. The molecule has 0 atom stereocenters. The van der Waals surface area contributed by atoms with E-state index in [1.165, 1.54) is 12.8 Å². The first-order valence-corrected chi connectivity index (χ1v) is 8.21. The standard InChI is InChI=1S/C20H30O2/c1-2-3-4-5-6-7-8-9-10-11-12-13-14-15-16-17-18-19-20(21)22/h2-4,9-10,12-13,15-16H,1,5-8,11,14,17-19H2,(H,21,22). The van der Waals surface area contributed by atoms with E-state index in [0.717, 1.165) is 38.5 Å². The fraction of sp³-hybridized carbons (Fsp3) is 0.450. The molecular weight excluding hydrogens is 272 g/mol. The highest BCUT2D eigenvalue weighted by atomic mass is 16.4. The largest absolute Gasteiger partial charge is 0.481 e. The summed E-state index contributed by atoms with van der Waals surface area (Å²) < 4.78 is 0. The van der Waals surface area contributed by atoms with Gasteiger partial charge < -0.3 is 5.11 Å². The first-order chi connectivity index (χ1) is 10.8.